The van der Waals surface area contributed by atoms with Crippen molar-refractivity contribution in [2.45, 2.75) is 25.0 Å². The van der Waals surface area contributed by atoms with Gasteiger partial charge in [-0.1, -0.05) is 18.7 Å². The lowest BCUT2D eigenvalue weighted by molar-refractivity contribution is -0.129. The number of fused-ring (bicyclic) bond motifs is 1. The number of thioether (sulfide) groups is 1. The van der Waals surface area contributed by atoms with Crippen molar-refractivity contribution < 1.29 is 14.0 Å². The fourth-order valence-electron chi connectivity index (χ4n) is 3.90. The van der Waals surface area contributed by atoms with Gasteiger partial charge in [0, 0.05) is 46.8 Å². The average Bonchev–Trinajstić information content (AvgIpc) is 3.48. The zero-order valence-corrected chi connectivity index (χ0v) is 19.6. The second-order valence-corrected chi connectivity index (χ2v) is 8.81. The Balaban J connectivity index is 1.46. The summed E-state index contributed by atoms with van der Waals surface area (Å²) in [5.41, 5.74) is -0.161. The minimum Gasteiger partial charge on any atom is -0.459 e. The molecule has 4 heterocycles. The van der Waals surface area contributed by atoms with E-state index in [1.54, 1.807) is 33.5 Å². The van der Waals surface area contributed by atoms with Crippen LogP contribution in [0.5, 0.6) is 0 Å². The van der Waals surface area contributed by atoms with E-state index in [9.17, 15) is 19.2 Å². The quantitative estimate of drug-likeness (QED) is 0.478. The number of furan rings is 1. The van der Waals surface area contributed by atoms with Gasteiger partial charge in [-0.05, 0) is 18.6 Å². The first-order valence-corrected chi connectivity index (χ1v) is 11.7. The molecule has 1 fully saturated rings. The monoisotopic (exact) mass is 474 g/mol. The van der Waals surface area contributed by atoms with Crippen LogP contribution in [-0.2, 0) is 25.4 Å². The first-order chi connectivity index (χ1) is 15.8. The third kappa shape index (κ3) is 4.22. The molecular weight excluding hydrogens is 448 g/mol. The van der Waals surface area contributed by atoms with Crippen molar-refractivity contribution in [3.63, 3.8) is 0 Å². The topological polar surface area (TPSA) is 116 Å². The number of carbonyl (C=O) groups excluding carboxylic acids is 2. The molecule has 0 N–H and O–H groups in total. The molecule has 1 aliphatic heterocycles. The molecule has 33 heavy (non-hydrogen) atoms. The number of nitrogens with zero attached hydrogens (tertiary/aromatic N) is 6. The Morgan fingerprint density at radius 1 is 1.09 bits per heavy atom. The van der Waals surface area contributed by atoms with Gasteiger partial charge in [0.2, 0.25) is 5.91 Å². The van der Waals surface area contributed by atoms with Crippen molar-refractivity contribution in [3.8, 4) is 0 Å². The lowest BCUT2D eigenvalue weighted by atomic mass is 10.3. The van der Waals surface area contributed by atoms with Crippen LogP contribution in [0, 0.1) is 0 Å². The van der Waals surface area contributed by atoms with Gasteiger partial charge in [-0.15, -0.1) is 0 Å². The molecule has 3 aromatic heterocycles. The molecule has 11 nitrogen and oxygen atoms in total. The van der Waals surface area contributed by atoms with Crippen molar-refractivity contribution in [3.05, 3.63) is 45.0 Å². The minimum absolute atomic E-state index is 0.0676. The summed E-state index contributed by atoms with van der Waals surface area (Å²) >= 11 is 1.25. The Morgan fingerprint density at radius 2 is 1.79 bits per heavy atom. The van der Waals surface area contributed by atoms with E-state index in [2.05, 4.69) is 4.98 Å². The van der Waals surface area contributed by atoms with Crippen molar-refractivity contribution >= 4 is 34.7 Å². The van der Waals surface area contributed by atoms with Crippen LogP contribution in [-0.4, -0.2) is 72.2 Å². The lowest BCUT2D eigenvalue weighted by Gasteiger charge is -2.34. The smallest absolute Gasteiger partial charge is 0.332 e. The first-order valence-electron chi connectivity index (χ1n) is 10.7. The molecule has 2 amide bonds. The molecule has 0 bridgehead atoms. The van der Waals surface area contributed by atoms with Crippen LogP contribution >= 0.6 is 11.8 Å². The van der Waals surface area contributed by atoms with Crippen LogP contribution in [0.4, 0.5) is 0 Å². The molecular formula is C21H26N6O5S. The summed E-state index contributed by atoms with van der Waals surface area (Å²) < 4.78 is 9.38. The van der Waals surface area contributed by atoms with E-state index < -0.39 is 11.2 Å². The van der Waals surface area contributed by atoms with E-state index in [4.69, 9.17) is 4.42 Å². The maximum Gasteiger partial charge on any atom is 0.332 e. The van der Waals surface area contributed by atoms with Crippen LogP contribution < -0.4 is 11.2 Å². The van der Waals surface area contributed by atoms with Gasteiger partial charge in [-0.3, -0.25) is 23.5 Å². The van der Waals surface area contributed by atoms with Gasteiger partial charge < -0.3 is 18.8 Å². The highest BCUT2D eigenvalue weighted by molar-refractivity contribution is 7.99. The second-order valence-electron chi connectivity index (χ2n) is 7.86. The van der Waals surface area contributed by atoms with Gasteiger partial charge in [-0.25, -0.2) is 9.78 Å². The maximum atomic E-state index is 12.8. The summed E-state index contributed by atoms with van der Waals surface area (Å²) in [6.45, 7) is 4.28. The van der Waals surface area contributed by atoms with Crippen LogP contribution in [0.1, 0.15) is 23.9 Å². The average molecular weight is 475 g/mol. The predicted molar refractivity (Wildman–Crippen MR) is 122 cm³/mol. The number of hydrogen-bond acceptors (Lipinski definition) is 7. The second kappa shape index (κ2) is 9.30. The third-order valence-electron chi connectivity index (χ3n) is 5.74. The number of imidazole rings is 1. The highest BCUT2D eigenvalue weighted by atomic mass is 32.2. The Labute approximate surface area is 193 Å². The molecule has 0 spiro atoms. The van der Waals surface area contributed by atoms with Crippen molar-refractivity contribution in [1.29, 1.82) is 0 Å². The Kier molecular flexibility index (Phi) is 6.45. The Hall–Kier alpha value is -3.28. The van der Waals surface area contributed by atoms with E-state index in [1.807, 2.05) is 6.92 Å². The third-order valence-corrected chi connectivity index (χ3v) is 6.70. The Morgan fingerprint density at radius 3 is 2.42 bits per heavy atom. The molecule has 12 heteroatoms. The van der Waals surface area contributed by atoms with Crippen LogP contribution in [0.25, 0.3) is 11.2 Å². The highest BCUT2D eigenvalue weighted by Gasteiger charge is 2.27. The number of piperazine rings is 1. The molecule has 0 radical (unpaired) electrons. The standard InChI is InChI=1S/C21H26N6O5S/c1-4-7-27-16-17(23(2)21(31)24(3)19(16)30)22-20(27)33-13-15(28)25-8-10-26(11-9-25)18(29)14-6-5-12-32-14/h5-6,12H,4,7-11,13H2,1-3H3. The SMILES string of the molecule is CCCn1c(SCC(=O)N2CCN(C(=O)c3ccco3)CC2)nc2c1c(=O)n(C)c(=O)n2C. The number of aryl methyl sites for hydroxylation is 2. The number of carbonyl (C=O) groups is 2. The predicted octanol–water partition coefficient (Wildman–Crippen LogP) is 0.513. The van der Waals surface area contributed by atoms with E-state index in [1.165, 1.54) is 29.6 Å². The Bertz CT molecular complexity index is 1300. The molecule has 176 valence electrons. The largest absolute Gasteiger partial charge is 0.459 e. The normalized spacial score (nSPS) is 14.3. The van der Waals surface area contributed by atoms with Crippen molar-refractivity contribution in [1.82, 2.24) is 28.5 Å². The molecule has 3 aromatic rings. The molecule has 0 aromatic carbocycles. The summed E-state index contributed by atoms with van der Waals surface area (Å²) in [6, 6.07) is 3.30. The van der Waals surface area contributed by atoms with Gasteiger partial charge in [0.25, 0.3) is 11.5 Å². The number of amides is 2. The van der Waals surface area contributed by atoms with Gasteiger partial charge >= 0.3 is 5.69 Å². The minimum atomic E-state index is -0.441. The van der Waals surface area contributed by atoms with Crippen LogP contribution in [0.15, 0.2) is 37.6 Å². The maximum absolute atomic E-state index is 12.8. The highest BCUT2D eigenvalue weighted by Crippen LogP contribution is 2.23. The molecule has 4 rings (SSSR count). The zero-order valence-electron chi connectivity index (χ0n) is 18.8. The van der Waals surface area contributed by atoms with E-state index >= 15 is 0 Å². The van der Waals surface area contributed by atoms with E-state index in [-0.39, 0.29) is 17.6 Å². The number of hydrogen-bond donors (Lipinski definition) is 0. The molecule has 1 aliphatic rings. The van der Waals surface area contributed by atoms with E-state index in [0.29, 0.717) is 54.8 Å². The summed E-state index contributed by atoms with van der Waals surface area (Å²) in [5.74, 6) is 0.192. The van der Waals surface area contributed by atoms with Crippen molar-refractivity contribution in [2.24, 2.45) is 14.1 Å². The van der Waals surface area contributed by atoms with Gasteiger partial charge in [0.15, 0.2) is 22.1 Å². The summed E-state index contributed by atoms with van der Waals surface area (Å²) in [5, 5.41) is 0.533. The lowest BCUT2D eigenvalue weighted by Crippen LogP contribution is -2.51. The van der Waals surface area contributed by atoms with Crippen LogP contribution in [0.2, 0.25) is 0 Å². The van der Waals surface area contributed by atoms with Crippen molar-refractivity contribution in [2.75, 3.05) is 31.9 Å². The van der Waals surface area contributed by atoms with E-state index in [0.717, 1.165) is 11.0 Å². The summed E-state index contributed by atoms with van der Waals surface area (Å²) in [4.78, 5) is 58.1. The number of aromatic nitrogens is 4. The first kappa shape index (κ1) is 22.9. The fourth-order valence-corrected chi connectivity index (χ4v) is 4.82. The molecule has 0 saturated carbocycles. The molecule has 0 atom stereocenters. The fraction of sp³-hybridized carbons (Fsp3) is 0.476. The zero-order chi connectivity index (χ0) is 23.7. The number of rotatable bonds is 6. The summed E-state index contributed by atoms with van der Waals surface area (Å²) in [7, 11) is 3.02. The summed E-state index contributed by atoms with van der Waals surface area (Å²) in [6.07, 6.45) is 2.23. The van der Waals surface area contributed by atoms with Gasteiger partial charge in [0.05, 0.1) is 12.0 Å². The van der Waals surface area contributed by atoms with Crippen LogP contribution in [0.3, 0.4) is 0 Å². The van der Waals surface area contributed by atoms with Gasteiger partial charge in [0.1, 0.15) is 0 Å². The van der Waals surface area contributed by atoms with Gasteiger partial charge in [-0.2, -0.15) is 0 Å². The molecule has 0 unspecified atom stereocenters. The molecule has 1 saturated heterocycles. The molecule has 0 aliphatic carbocycles.